The van der Waals surface area contributed by atoms with Gasteiger partial charge < -0.3 is 10.2 Å². The van der Waals surface area contributed by atoms with Crippen molar-refractivity contribution in [3.8, 4) is 0 Å². The van der Waals surface area contributed by atoms with E-state index in [-0.39, 0.29) is 19.5 Å². The summed E-state index contributed by atoms with van der Waals surface area (Å²) in [6, 6.07) is 0. The van der Waals surface area contributed by atoms with Gasteiger partial charge in [0.25, 0.3) is 6.29 Å². The maximum atomic E-state index is 12.3. The maximum absolute atomic E-state index is 12.3. The predicted octanol–water partition coefficient (Wildman–Crippen LogP) is 1.37. The van der Waals surface area contributed by atoms with E-state index in [9.17, 15) is 35.1 Å². The second-order valence-corrected chi connectivity index (χ2v) is 2.76. The molecule has 1 rings (SSSR count). The van der Waals surface area contributed by atoms with Crippen LogP contribution < -0.4 is 0 Å². The number of hydrogen-bond acceptors (Lipinski definition) is 4. The van der Waals surface area contributed by atoms with Crippen molar-refractivity contribution in [2.24, 2.45) is 0 Å². The van der Waals surface area contributed by atoms with Crippen LogP contribution in [0.25, 0.3) is 0 Å². The van der Waals surface area contributed by atoms with Gasteiger partial charge in [-0.2, -0.15) is 35.1 Å². The number of aliphatic hydroxyl groups excluding tert-OH is 1. The molecular formula is C6H6F8O4Rh. The van der Waals surface area contributed by atoms with Crippen molar-refractivity contribution >= 4 is 0 Å². The summed E-state index contributed by atoms with van der Waals surface area (Å²) < 4.78 is 103. The van der Waals surface area contributed by atoms with Crippen LogP contribution in [0, 0.1) is 0 Å². The molecule has 1 fully saturated rings. The number of ether oxygens (including phenoxy) is 2. The van der Waals surface area contributed by atoms with Gasteiger partial charge in [-0.3, -0.25) is 9.47 Å². The van der Waals surface area contributed by atoms with E-state index in [2.05, 4.69) is 9.47 Å². The summed E-state index contributed by atoms with van der Waals surface area (Å²) in [5.41, 5.74) is 0. The monoisotopic (exact) mass is 397 g/mol. The largest absolute Gasteiger partial charge is 0.431 e. The molecule has 119 valence electrons. The molecule has 0 amide bonds. The van der Waals surface area contributed by atoms with Crippen LogP contribution in [0.3, 0.4) is 0 Å². The van der Waals surface area contributed by atoms with E-state index in [0.29, 0.717) is 0 Å². The van der Waals surface area contributed by atoms with Gasteiger partial charge in [0.15, 0.2) is 0 Å². The molecule has 2 N–H and O–H groups in total. The molecule has 0 aliphatic carbocycles. The zero-order valence-corrected chi connectivity index (χ0v) is 10.3. The van der Waals surface area contributed by atoms with Crippen molar-refractivity contribution in [3.63, 3.8) is 0 Å². The molecule has 0 aromatic rings. The molecule has 19 heavy (non-hydrogen) atoms. The second kappa shape index (κ2) is 6.12. The average Bonchev–Trinajstić information content (AvgIpc) is 2.15. The fraction of sp³-hybridized carbons (Fsp3) is 1.00. The molecule has 1 radical (unpaired) electrons. The first-order valence-electron chi connectivity index (χ1n) is 3.85. The van der Waals surface area contributed by atoms with Gasteiger partial charge in [-0.05, 0) is 0 Å². The Bertz CT molecular complexity index is 273. The molecule has 1 saturated heterocycles. The second-order valence-electron chi connectivity index (χ2n) is 2.76. The third-order valence-electron chi connectivity index (χ3n) is 1.52. The summed E-state index contributed by atoms with van der Waals surface area (Å²) in [4.78, 5) is 0. The first-order valence-corrected chi connectivity index (χ1v) is 3.85. The van der Waals surface area contributed by atoms with Gasteiger partial charge in [0, 0.05) is 26.6 Å². The van der Waals surface area contributed by atoms with Crippen LogP contribution in [0.4, 0.5) is 35.1 Å². The summed E-state index contributed by atoms with van der Waals surface area (Å²) >= 11 is 0. The van der Waals surface area contributed by atoms with Crippen molar-refractivity contribution in [2.75, 3.05) is 7.11 Å². The van der Waals surface area contributed by atoms with Crippen LogP contribution in [0.15, 0.2) is 0 Å². The van der Waals surface area contributed by atoms with Crippen LogP contribution in [0.1, 0.15) is 0 Å². The van der Waals surface area contributed by atoms with Gasteiger partial charge in [0.1, 0.15) is 0 Å². The normalized spacial score (nSPS) is 24.8. The molecule has 0 unspecified atom stereocenters. The Kier molecular flexibility index (Phi) is 6.83. The third kappa shape index (κ3) is 3.94. The quantitative estimate of drug-likeness (QED) is 0.519. The minimum Gasteiger partial charge on any atom is -0.400 e. The van der Waals surface area contributed by atoms with Crippen molar-refractivity contribution in [2.45, 2.75) is 30.5 Å². The zero-order chi connectivity index (χ0) is 15.0. The van der Waals surface area contributed by atoms with Crippen LogP contribution >= 0.6 is 0 Å². The molecule has 0 aromatic heterocycles. The minimum atomic E-state index is -6.14. The SMILES string of the molecule is CO.OC(F)(F)C1OC(F)(F)C(F)(F)C(F)(F)O1.[Rh]. The first-order chi connectivity index (χ1) is 7.81. The molecule has 4 nitrogen and oxygen atoms in total. The fourth-order valence-electron chi connectivity index (χ4n) is 0.752. The van der Waals surface area contributed by atoms with Crippen molar-refractivity contribution in [1.82, 2.24) is 0 Å². The molecule has 13 heteroatoms. The van der Waals surface area contributed by atoms with E-state index in [1.165, 1.54) is 0 Å². The standard InChI is InChI=1S/C5H2F8O3.CH4O.Rh/c6-2(7,14)1-15-4(10,11)3(8,9)5(12,13)16-1;1-2;/h1,14H;2H,1H3;. The molecular weight excluding hydrogens is 391 g/mol. The molecule has 0 saturated carbocycles. The van der Waals surface area contributed by atoms with Crippen LogP contribution in [-0.2, 0) is 29.0 Å². The number of aliphatic hydroxyl groups is 2. The van der Waals surface area contributed by atoms with Crippen molar-refractivity contribution in [3.05, 3.63) is 0 Å². The summed E-state index contributed by atoms with van der Waals surface area (Å²) in [6.07, 6.45) is -21.0. The summed E-state index contributed by atoms with van der Waals surface area (Å²) in [7, 11) is 1.00. The third-order valence-corrected chi connectivity index (χ3v) is 1.52. The van der Waals surface area contributed by atoms with Gasteiger partial charge in [-0.15, -0.1) is 0 Å². The Labute approximate surface area is 113 Å². The topological polar surface area (TPSA) is 58.9 Å². The Balaban J connectivity index is 0. The molecule has 1 aliphatic heterocycles. The van der Waals surface area contributed by atoms with E-state index in [1.54, 1.807) is 0 Å². The van der Waals surface area contributed by atoms with Gasteiger partial charge in [0.2, 0.25) is 0 Å². The smallest absolute Gasteiger partial charge is 0.400 e. The Morgan fingerprint density at radius 3 is 1.37 bits per heavy atom. The summed E-state index contributed by atoms with van der Waals surface area (Å²) in [6.45, 7) is 0. The van der Waals surface area contributed by atoms with E-state index in [0.717, 1.165) is 7.11 Å². The molecule has 0 atom stereocenters. The summed E-state index contributed by atoms with van der Waals surface area (Å²) in [5.74, 6) is -6.14. The minimum absolute atomic E-state index is 0. The van der Waals surface area contributed by atoms with Crippen LogP contribution in [0.2, 0.25) is 0 Å². The molecule has 1 aliphatic rings. The van der Waals surface area contributed by atoms with E-state index >= 15 is 0 Å². The molecule has 0 spiro atoms. The van der Waals surface area contributed by atoms with Crippen LogP contribution in [-0.4, -0.2) is 47.9 Å². The fourth-order valence-corrected chi connectivity index (χ4v) is 0.752. The Morgan fingerprint density at radius 1 is 0.895 bits per heavy atom. The predicted molar refractivity (Wildman–Crippen MR) is 36.1 cm³/mol. The number of alkyl halides is 8. The van der Waals surface area contributed by atoms with E-state index < -0.39 is 30.5 Å². The number of hydrogen-bond donors (Lipinski definition) is 2. The van der Waals surface area contributed by atoms with Gasteiger partial charge in [-0.25, -0.2) is 0 Å². The van der Waals surface area contributed by atoms with E-state index in [1.807, 2.05) is 0 Å². The molecule has 0 aromatic carbocycles. The van der Waals surface area contributed by atoms with Crippen molar-refractivity contribution < 1.29 is 74.3 Å². The maximum Gasteiger partial charge on any atom is 0.431 e. The van der Waals surface area contributed by atoms with Crippen LogP contribution in [0.5, 0.6) is 0 Å². The summed E-state index contributed by atoms with van der Waals surface area (Å²) in [5, 5.41) is 14.8. The Hall–Kier alpha value is -0.0966. The molecule has 1 heterocycles. The van der Waals surface area contributed by atoms with E-state index in [4.69, 9.17) is 10.2 Å². The Morgan fingerprint density at radius 2 is 1.16 bits per heavy atom. The molecule has 0 bridgehead atoms. The number of halogens is 8. The van der Waals surface area contributed by atoms with Gasteiger partial charge >= 0.3 is 24.2 Å². The van der Waals surface area contributed by atoms with Gasteiger partial charge in [0.05, 0.1) is 0 Å². The number of rotatable bonds is 1. The van der Waals surface area contributed by atoms with Crippen molar-refractivity contribution in [1.29, 1.82) is 0 Å². The zero-order valence-electron chi connectivity index (χ0n) is 8.65. The first kappa shape index (κ1) is 21.2. The average molecular weight is 397 g/mol. The van der Waals surface area contributed by atoms with Gasteiger partial charge in [-0.1, -0.05) is 0 Å².